The molecule has 0 saturated heterocycles. The highest BCUT2D eigenvalue weighted by Gasteiger charge is 2.42. The zero-order valence-electron chi connectivity index (χ0n) is 16.5. The van der Waals surface area contributed by atoms with Gasteiger partial charge in [-0.15, -0.1) is 0 Å². The Morgan fingerprint density at radius 1 is 1.07 bits per heavy atom. The number of imide groups is 1. The quantitative estimate of drug-likeness (QED) is 0.864. The molecule has 28 heavy (non-hydrogen) atoms. The van der Waals surface area contributed by atoms with E-state index in [4.69, 9.17) is 4.74 Å². The number of ether oxygens (including phenoxy) is 1. The molecule has 0 fully saturated rings. The molecule has 6 nitrogen and oxygen atoms in total. The number of anilines is 2. The Balaban J connectivity index is 1.85. The van der Waals surface area contributed by atoms with Gasteiger partial charge in [0.25, 0.3) is 0 Å². The first kappa shape index (κ1) is 19.6. The van der Waals surface area contributed by atoms with Crippen LogP contribution in [0.3, 0.4) is 0 Å². The number of benzene rings is 2. The summed E-state index contributed by atoms with van der Waals surface area (Å²) in [6.07, 6.45) is -0.205. The molecule has 2 aromatic carbocycles. The van der Waals surface area contributed by atoms with Crippen molar-refractivity contribution in [2.75, 3.05) is 10.2 Å². The van der Waals surface area contributed by atoms with Crippen molar-refractivity contribution >= 4 is 29.3 Å². The summed E-state index contributed by atoms with van der Waals surface area (Å²) >= 11 is 0. The van der Waals surface area contributed by atoms with Crippen molar-refractivity contribution in [2.45, 2.75) is 45.6 Å². The Morgan fingerprint density at radius 3 is 2.32 bits per heavy atom. The SMILES string of the molecule is CC(=O)Nc1ccc(CC2C(=O)N(C(=O)OC(C)(C)C)c3ccccc32)cc1. The van der Waals surface area contributed by atoms with Crippen LogP contribution in [-0.2, 0) is 20.7 Å². The maximum Gasteiger partial charge on any atom is 0.421 e. The van der Waals surface area contributed by atoms with Gasteiger partial charge in [0.15, 0.2) is 0 Å². The predicted octanol–water partition coefficient (Wildman–Crippen LogP) is 4.25. The second-order valence-corrected chi connectivity index (χ2v) is 7.85. The van der Waals surface area contributed by atoms with Crippen LogP contribution < -0.4 is 10.2 Å². The van der Waals surface area contributed by atoms with E-state index >= 15 is 0 Å². The van der Waals surface area contributed by atoms with Gasteiger partial charge in [0, 0.05) is 12.6 Å². The van der Waals surface area contributed by atoms with Crippen LogP contribution in [0.4, 0.5) is 16.2 Å². The van der Waals surface area contributed by atoms with Crippen LogP contribution in [0.2, 0.25) is 0 Å². The zero-order chi connectivity index (χ0) is 20.5. The number of rotatable bonds is 3. The summed E-state index contributed by atoms with van der Waals surface area (Å²) in [6, 6.07) is 14.6. The third kappa shape index (κ3) is 4.22. The van der Waals surface area contributed by atoms with Crippen molar-refractivity contribution in [3.63, 3.8) is 0 Å². The second kappa shape index (κ2) is 7.46. The minimum Gasteiger partial charge on any atom is -0.443 e. The second-order valence-electron chi connectivity index (χ2n) is 7.85. The van der Waals surface area contributed by atoms with Gasteiger partial charge in [-0.05, 0) is 56.5 Å². The van der Waals surface area contributed by atoms with Crippen molar-refractivity contribution in [2.24, 2.45) is 0 Å². The number of hydrogen-bond acceptors (Lipinski definition) is 4. The monoisotopic (exact) mass is 380 g/mol. The van der Waals surface area contributed by atoms with Gasteiger partial charge < -0.3 is 10.1 Å². The van der Waals surface area contributed by atoms with Gasteiger partial charge >= 0.3 is 6.09 Å². The fourth-order valence-electron chi connectivity index (χ4n) is 3.25. The molecule has 0 aliphatic carbocycles. The maximum atomic E-state index is 13.1. The topological polar surface area (TPSA) is 75.7 Å². The van der Waals surface area contributed by atoms with Crippen molar-refractivity contribution in [3.05, 3.63) is 59.7 Å². The highest BCUT2D eigenvalue weighted by Crippen LogP contribution is 2.39. The average molecular weight is 380 g/mol. The minimum absolute atomic E-state index is 0.138. The number of nitrogens with one attached hydrogen (secondary N) is 1. The van der Waals surface area contributed by atoms with Gasteiger partial charge in [0.1, 0.15) is 5.60 Å². The molecule has 0 saturated carbocycles. The van der Waals surface area contributed by atoms with Crippen LogP contribution in [-0.4, -0.2) is 23.5 Å². The fraction of sp³-hybridized carbons (Fsp3) is 0.318. The van der Waals surface area contributed by atoms with Gasteiger partial charge in [0.2, 0.25) is 11.8 Å². The van der Waals surface area contributed by atoms with Gasteiger partial charge in [-0.25, -0.2) is 9.69 Å². The molecule has 2 aromatic rings. The Bertz CT molecular complexity index is 913. The van der Waals surface area contributed by atoms with E-state index in [-0.39, 0.29) is 11.8 Å². The molecule has 0 spiro atoms. The summed E-state index contributed by atoms with van der Waals surface area (Å²) in [5.74, 6) is -0.891. The van der Waals surface area contributed by atoms with Crippen molar-refractivity contribution < 1.29 is 19.1 Å². The van der Waals surface area contributed by atoms with Gasteiger partial charge in [0.05, 0.1) is 11.6 Å². The van der Waals surface area contributed by atoms with E-state index in [2.05, 4.69) is 5.32 Å². The van der Waals surface area contributed by atoms with E-state index in [0.29, 0.717) is 17.8 Å². The van der Waals surface area contributed by atoms with Crippen molar-refractivity contribution in [1.29, 1.82) is 0 Å². The van der Waals surface area contributed by atoms with Gasteiger partial charge in [-0.1, -0.05) is 30.3 Å². The van der Waals surface area contributed by atoms with E-state index in [1.165, 1.54) is 6.92 Å². The normalized spacial score (nSPS) is 15.9. The van der Waals surface area contributed by atoms with E-state index in [1.54, 1.807) is 45.0 Å². The van der Waals surface area contributed by atoms with Gasteiger partial charge in [-0.3, -0.25) is 9.59 Å². The molecule has 3 rings (SSSR count). The molecular weight excluding hydrogens is 356 g/mol. The van der Waals surface area contributed by atoms with Crippen molar-refractivity contribution in [3.8, 4) is 0 Å². The molecule has 1 aliphatic rings. The molecular formula is C22H24N2O4. The molecule has 146 valence electrons. The van der Waals surface area contributed by atoms with Crippen LogP contribution in [0.5, 0.6) is 0 Å². The lowest BCUT2D eigenvalue weighted by Crippen LogP contribution is -2.39. The summed E-state index contributed by atoms with van der Waals surface area (Å²) in [5.41, 5.74) is 2.33. The lowest BCUT2D eigenvalue weighted by atomic mass is 9.93. The van der Waals surface area contributed by atoms with Crippen LogP contribution in [0.25, 0.3) is 0 Å². The lowest BCUT2D eigenvalue weighted by Gasteiger charge is -2.24. The summed E-state index contributed by atoms with van der Waals surface area (Å²) in [4.78, 5) is 38.0. The van der Waals surface area contributed by atoms with Gasteiger partial charge in [-0.2, -0.15) is 0 Å². The molecule has 1 N–H and O–H groups in total. The lowest BCUT2D eigenvalue weighted by molar-refractivity contribution is -0.119. The Kier molecular flexibility index (Phi) is 5.23. The van der Waals surface area contributed by atoms with E-state index in [1.807, 2.05) is 24.3 Å². The first-order valence-corrected chi connectivity index (χ1v) is 9.18. The summed E-state index contributed by atoms with van der Waals surface area (Å²) in [5, 5.41) is 2.72. The van der Waals surface area contributed by atoms with E-state index < -0.39 is 17.6 Å². The Morgan fingerprint density at radius 2 is 1.71 bits per heavy atom. The molecule has 3 amide bonds. The third-order valence-electron chi connectivity index (χ3n) is 4.36. The average Bonchev–Trinajstić information content (AvgIpc) is 2.87. The minimum atomic E-state index is -0.691. The van der Waals surface area contributed by atoms with Crippen LogP contribution in [0.15, 0.2) is 48.5 Å². The maximum absolute atomic E-state index is 13.1. The van der Waals surface area contributed by atoms with Crippen molar-refractivity contribution in [1.82, 2.24) is 0 Å². The molecule has 6 heteroatoms. The first-order chi connectivity index (χ1) is 13.2. The largest absolute Gasteiger partial charge is 0.443 e. The number of carbonyl (C=O) groups is 3. The van der Waals surface area contributed by atoms with Crippen LogP contribution >= 0.6 is 0 Å². The number of fused-ring (bicyclic) bond motifs is 1. The molecule has 1 aliphatic heterocycles. The van der Waals surface area contributed by atoms with E-state index in [0.717, 1.165) is 16.0 Å². The molecule has 0 aromatic heterocycles. The predicted molar refractivity (Wildman–Crippen MR) is 107 cm³/mol. The van der Waals surface area contributed by atoms with E-state index in [9.17, 15) is 14.4 Å². The Hall–Kier alpha value is -3.15. The molecule has 1 unspecified atom stereocenters. The zero-order valence-corrected chi connectivity index (χ0v) is 16.5. The first-order valence-electron chi connectivity index (χ1n) is 9.18. The number of carbonyl (C=O) groups excluding carboxylic acids is 3. The molecule has 1 atom stereocenters. The molecule has 0 bridgehead atoms. The van der Waals surface area contributed by atoms with Crippen LogP contribution in [0, 0.1) is 0 Å². The Labute approximate surface area is 164 Å². The summed E-state index contributed by atoms with van der Waals surface area (Å²) in [6.45, 7) is 6.76. The highest BCUT2D eigenvalue weighted by atomic mass is 16.6. The highest BCUT2D eigenvalue weighted by molar-refractivity contribution is 6.19. The standard InChI is InChI=1S/C22H24N2O4/c1-14(25)23-16-11-9-15(10-12-16)13-18-17-7-5-6-8-19(17)24(20(18)26)21(27)28-22(2,3)4/h5-12,18H,13H2,1-4H3,(H,23,25). The molecule has 0 radical (unpaired) electrons. The number of nitrogens with zero attached hydrogens (tertiary/aromatic N) is 1. The number of para-hydroxylation sites is 1. The summed E-state index contributed by atoms with van der Waals surface area (Å²) in [7, 11) is 0. The fourth-order valence-corrected chi connectivity index (χ4v) is 3.25. The molecule has 1 heterocycles. The third-order valence-corrected chi connectivity index (χ3v) is 4.36. The summed E-state index contributed by atoms with van der Waals surface area (Å²) < 4.78 is 5.43. The smallest absolute Gasteiger partial charge is 0.421 e. The van der Waals surface area contributed by atoms with Crippen LogP contribution in [0.1, 0.15) is 44.7 Å². The number of hydrogen-bond donors (Lipinski definition) is 1. The number of amides is 3.